The largest absolute Gasteiger partial charge is 0.472 e. The molecule has 1 nitrogen and oxygen atoms in total. The summed E-state index contributed by atoms with van der Waals surface area (Å²) in [6.07, 6.45) is 4.20. The van der Waals surface area contributed by atoms with Gasteiger partial charge in [-0.2, -0.15) is 0 Å². The Bertz CT molecular complexity index is 414. The van der Waals surface area contributed by atoms with Gasteiger partial charge >= 0.3 is 0 Å². The van der Waals surface area contributed by atoms with E-state index in [1.165, 1.54) is 0 Å². The second-order valence-corrected chi connectivity index (χ2v) is 3.50. The molecular formula is C12H10ClO. The molecule has 2 aromatic rings. The summed E-state index contributed by atoms with van der Waals surface area (Å²) in [6, 6.07) is 7.70. The minimum atomic E-state index is 0.731. The monoisotopic (exact) mass is 205 g/mol. The van der Waals surface area contributed by atoms with Crippen molar-refractivity contribution in [1.29, 1.82) is 0 Å². The average Bonchev–Trinajstić information content (AvgIpc) is 2.67. The smallest absolute Gasteiger partial charge is 0.0983 e. The van der Waals surface area contributed by atoms with Crippen LogP contribution in [-0.4, -0.2) is 0 Å². The highest BCUT2D eigenvalue weighted by Gasteiger charge is 2.05. The number of rotatable bonds is 2. The summed E-state index contributed by atoms with van der Waals surface area (Å²) in [5, 5.41) is 0.744. The molecule has 2 rings (SSSR count). The summed E-state index contributed by atoms with van der Waals surface area (Å²) in [7, 11) is 0. The maximum absolute atomic E-state index is 5.81. The number of halogens is 1. The number of benzene rings is 1. The van der Waals surface area contributed by atoms with Gasteiger partial charge in [-0.15, -0.1) is 0 Å². The molecule has 0 bridgehead atoms. The van der Waals surface area contributed by atoms with Crippen molar-refractivity contribution in [1.82, 2.24) is 0 Å². The minimum Gasteiger partial charge on any atom is -0.472 e. The van der Waals surface area contributed by atoms with Crippen molar-refractivity contribution in [3.63, 3.8) is 0 Å². The standard InChI is InChI=1S/C12H10ClO/c1-2-9-7-14-8-12(9)10-3-5-11(13)6-4-10/h3-8H,1-2H2. The normalized spacial score (nSPS) is 10.4. The van der Waals surface area contributed by atoms with E-state index in [1.54, 1.807) is 12.5 Å². The summed E-state index contributed by atoms with van der Waals surface area (Å²) in [5.41, 5.74) is 3.32. The molecule has 1 heterocycles. The summed E-state index contributed by atoms with van der Waals surface area (Å²) in [6.45, 7) is 3.85. The lowest BCUT2D eigenvalue weighted by molar-refractivity contribution is 0.565. The third-order valence-electron chi connectivity index (χ3n) is 2.17. The van der Waals surface area contributed by atoms with E-state index in [1.807, 2.05) is 24.3 Å². The topological polar surface area (TPSA) is 13.1 Å². The molecule has 0 aliphatic carbocycles. The Labute approximate surface area is 88.3 Å². The quantitative estimate of drug-likeness (QED) is 0.723. The van der Waals surface area contributed by atoms with Gasteiger partial charge in [0.05, 0.1) is 12.5 Å². The van der Waals surface area contributed by atoms with Gasteiger partial charge in [0.2, 0.25) is 0 Å². The second-order valence-electron chi connectivity index (χ2n) is 3.07. The third-order valence-corrected chi connectivity index (χ3v) is 2.42. The van der Waals surface area contributed by atoms with E-state index in [9.17, 15) is 0 Å². The van der Waals surface area contributed by atoms with Crippen LogP contribution in [0, 0.1) is 6.92 Å². The highest BCUT2D eigenvalue weighted by Crippen LogP contribution is 2.26. The predicted octanol–water partition coefficient (Wildman–Crippen LogP) is 3.98. The van der Waals surface area contributed by atoms with Gasteiger partial charge in [0.25, 0.3) is 0 Å². The van der Waals surface area contributed by atoms with Crippen LogP contribution >= 0.6 is 11.6 Å². The molecule has 0 saturated heterocycles. The Kier molecular flexibility index (Phi) is 2.60. The molecule has 1 aromatic heterocycles. The van der Waals surface area contributed by atoms with Crippen molar-refractivity contribution >= 4 is 11.6 Å². The number of hydrogen-bond acceptors (Lipinski definition) is 1. The molecule has 0 spiro atoms. The number of furan rings is 1. The Morgan fingerprint density at radius 3 is 2.50 bits per heavy atom. The van der Waals surface area contributed by atoms with E-state index in [0.717, 1.165) is 28.1 Å². The molecule has 0 atom stereocenters. The van der Waals surface area contributed by atoms with Crippen molar-refractivity contribution < 1.29 is 4.42 Å². The fourth-order valence-electron chi connectivity index (χ4n) is 1.40. The van der Waals surface area contributed by atoms with Crippen molar-refractivity contribution in [3.05, 3.63) is 54.3 Å². The first-order valence-electron chi connectivity index (χ1n) is 4.41. The fourth-order valence-corrected chi connectivity index (χ4v) is 1.53. The number of hydrogen-bond donors (Lipinski definition) is 0. The molecule has 0 amide bonds. The van der Waals surface area contributed by atoms with Crippen LogP contribution in [0.4, 0.5) is 0 Å². The van der Waals surface area contributed by atoms with Crippen LogP contribution in [0.3, 0.4) is 0 Å². The van der Waals surface area contributed by atoms with Gasteiger partial charge in [0, 0.05) is 10.6 Å². The lowest BCUT2D eigenvalue weighted by Gasteiger charge is -2.00. The molecule has 2 heteroatoms. The van der Waals surface area contributed by atoms with E-state index in [-0.39, 0.29) is 0 Å². The zero-order valence-electron chi connectivity index (χ0n) is 7.66. The van der Waals surface area contributed by atoms with Crippen LogP contribution < -0.4 is 0 Å². The van der Waals surface area contributed by atoms with Gasteiger partial charge in [-0.3, -0.25) is 0 Å². The van der Waals surface area contributed by atoms with Gasteiger partial charge in [-0.1, -0.05) is 23.7 Å². The Morgan fingerprint density at radius 2 is 1.86 bits per heavy atom. The van der Waals surface area contributed by atoms with E-state index in [4.69, 9.17) is 16.0 Å². The molecule has 0 N–H and O–H groups in total. The van der Waals surface area contributed by atoms with E-state index in [2.05, 4.69) is 6.92 Å². The Hall–Kier alpha value is -1.21. The maximum atomic E-state index is 5.81. The Balaban J connectivity index is 2.44. The molecule has 0 aliphatic rings. The highest BCUT2D eigenvalue weighted by molar-refractivity contribution is 6.30. The van der Waals surface area contributed by atoms with Crippen LogP contribution in [0.15, 0.2) is 41.2 Å². The van der Waals surface area contributed by atoms with Crippen LogP contribution in [0.25, 0.3) is 11.1 Å². The van der Waals surface area contributed by atoms with Crippen LogP contribution in [0.1, 0.15) is 5.56 Å². The first-order chi connectivity index (χ1) is 6.81. The molecule has 0 aliphatic heterocycles. The van der Waals surface area contributed by atoms with Gasteiger partial charge < -0.3 is 4.42 Å². The highest BCUT2D eigenvalue weighted by atomic mass is 35.5. The van der Waals surface area contributed by atoms with Crippen molar-refractivity contribution in [2.45, 2.75) is 6.42 Å². The second kappa shape index (κ2) is 3.89. The third kappa shape index (κ3) is 1.68. The molecule has 0 fully saturated rings. The molecule has 0 unspecified atom stereocenters. The van der Waals surface area contributed by atoms with Gasteiger partial charge in [0.15, 0.2) is 0 Å². The zero-order chi connectivity index (χ0) is 9.97. The van der Waals surface area contributed by atoms with Crippen LogP contribution in [-0.2, 0) is 6.42 Å². The van der Waals surface area contributed by atoms with Gasteiger partial charge in [-0.05, 0) is 36.6 Å². The summed E-state index contributed by atoms with van der Waals surface area (Å²) >= 11 is 5.81. The van der Waals surface area contributed by atoms with Crippen molar-refractivity contribution in [3.8, 4) is 11.1 Å². The van der Waals surface area contributed by atoms with E-state index >= 15 is 0 Å². The molecule has 14 heavy (non-hydrogen) atoms. The summed E-state index contributed by atoms with van der Waals surface area (Å²) in [4.78, 5) is 0. The lowest BCUT2D eigenvalue weighted by Crippen LogP contribution is -1.81. The molecule has 1 aromatic carbocycles. The molecule has 1 radical (unpaired) electrons. The SMILES string of the molecule is [CH2]Cc1cocc1-c1ccc(Cl)cc1. The first-order valence-corrected chi connectivity index (χ1v) is 4.79. The van der Waals surface area contributed by atoms with Crippen molar-refractivity contribution in [2.24, 2.45) is 0 Å². The van der Waals surface area contributed by atoms with E-state index in [0.29, 0.717) is 0 Å². The molecular weight excluding hydrogens is 196 g/mol. The van der Waals surface area contributed by atoms with Crippen LogP contribution in [0.2, 0.25) is 5.02 Å². The lowest BCUT2D eigenvalue weighted by atomic mass is 10.0. The average molecular weight is 206 g/mol. The minimum absolute atomic E-state index is 0.731. The zero-order valence-corrected chi connectivity index (χ0v) is 8.42. The molecule has 71 valence electrons. The first kappa shape index (κ1) is 9.35. The molecule has 0 saturated carbocycles. The van der Waals surface area contributed by atoms with Gasteiger partial charge in [-0.25, -0.2) is 0 Å². The van der Waals surface area contributed by atoms with E-state index < -0.39 is 0 Å². The Morgan fingerprint density at radius 1 is 1.14 bits per heavy atom. The summed E-state index contributed by atoms with van der Waals surface area (Å²) in [5.74, 6) is 0. The predicted molar refractivity (Wildman–Crippen MR) is 58.2 cm³/mol. The van der Waals surface area contributed by atoms with Crippen molar-refractivity contribution in [2.75, 3.05) is 0 Å². The van der Waals surface area contributed by atoms with Crippen LogP contribution in [0.5, 0.6) is 0 Å². The summed E-state index contributed by atoms with van der Waals surface area (Å²) < 4.78 is 5.15. The fraction of sp³-hybridized carbons (Fsp3) is 0.0833. The maximum Gasteiger partial charge on any atom is 0.0983 e. The van der Waals surface area contributed by atoms with Gasteiger partial charge in [0.1, 0.15) is 0 Å².